The summed E-state index contributed by atoms with van der Waals surface area (Å²) in [5.74, 6) is -0.341. The van der Waals surface area contributed by atoms with E-state index in [0.717, 1.165) is 16.3 Å². The molecule has 31 heavy (non-hydrogen) atoms. The fourth-order valence-electron chi connectivity index (χ4n) is 4.09. The Morgan fingerprint density at radius 1 is 1.06 bits per heavy atom. The van der Waals surface area contributed by atoms with E-state index in [4.69, 9.17) is 4.74 Å². The van der Waals surface area contributed by atoms with Gasteiger partial charge in [0.2, 0.25) is 10.0 Å². The molecule has 2 aromatic rings. The Bertz CT molecular complexity index is 1080. The van der Waals surface area contributed by atoms with Gasteiger partial charge in [0.25, 0.3) is 0 Å². The van der Waals surface area contributed by atoms with Gasteiger partial charge in [0.15, 0.2) is 0 Å². The molecule has 1 aliphatic heterocycles. The predicted octanol–water partition coefficient (Wildman–Crippen LogP) is 5.13. The van der Waals surface area contributed by atoms with Gasteiger partial charge in [0.05, 0.1) is 24.0 Å². The predicted molar refractivity (Wildman–Crippen MR) is 129 cm³/mol. The van der Waals surface area contributed by atoms with Gasteiger partial charge in [0.1, 0.15) is 0 Å². The lowest BCUT2D eigenvalue weighted by atomic mass is 9.95. The zero-order chi connectivity index (χ0) is 22.8. The third-order valence-corrected chi connectivity index (χ3v) is 9.68. The number of hydrogen-bond donors (Lipinski definition) is 0. The number of fused-ring (bicyclic) bond motifs is 1. The summed E-state index contributed by atoms with van der Waals surface area (Å²) in [5, 5.41) is 1.97. The summed E-state index contributed by atoms with van der Waals surface area (Å²) < 4.78 is 34.2. The molecule has 7 heteroatoms. The zero-order valence-corrected chi connectivity index (χ0v) is 20.9. The van der Waals surface area contributed by atoms with Crippen LogP contribution in [0.25, 0.3) is 10.8 Å². The molecule has 0 aliphatic carbocycles. The maximum Gasteiger partial charge on any atom is 0.335 e. The highest BCUT2D eigenvalue weighted by molar-refractivity contribution is 7.89. The molecule has 0 aromatic heterocycles. The highest BCUT2D eigenvalue weighted by atomic mass is 32.2. The first kappa shape index (κ1) is 23.7. The van der Waals surface area contributed by atoms with Crippen LogP contribution in [0.3, 0.4) is 0 Å². The normalized spacial score (nSPS) is 20.1. The van der Waals surface area contributed by atoms with Gasteiger partial charge in [-0.1, -0.05) is 75.1 Å². The van der Waals surface area contributed by atoms with Crippen LogP contribution >= 0.6 is 0 Å². The van der Waals surface area contributed by atoms with E-state index in [1.165, 1.54) is 0 Å². The highest BCUT2D eigenvalue weighted by Crippen LogP contribution is 2.43. The number of nitrogens with zero attached hydrogens (tertiary/aromatic N) is 1. The Kier molecular flexibility index (Phi) is 7.08. The number of sulfonamides is 1. The molecule has 0 N–H and O–H groups in total. The van der Waals surface area contributed by atoms with Gasteiger partial charge in [0, 0.05) is 14.1 Å². The van der Waals surface area contributed by atoms with Gasteiger partial charge >= 0.3 is 5.97 Å². The van der Waals surface area contributed by atoms with Crippen molar-refractivity contribution in [3.8, 4) is 0 Å². The van der Waals surface area contributed by atoms with Crippen molar-refractivity contribution >= 4 is 34.8 Å². The lowest BCUT2D eigenvalue weighted by molar-refractivity contribution is -0.138. The van der Waals surface area contributed by atoms with E-state index in [1.807, 2.05) is 49.4 Å². The molecule has 0 radical (unpaired) electrons. The van der Waals surface area contributed by atoms with Crippen LogP contribution in [0.2, 0.25) is 25.7 Å². The minimum Gasteiger partial charge on any atom is -0.463 e. The van der Waals surface area contributed by atoms with E-state index in [0.29, 0.717) is 18.0 Å². The van der Waals surface area contributed by atoms with Crippen LogP contribution in [0.15, 0.2) is 54.1 Å². The number of esters is 1. The molecule has 2 aromatic carbocycles. The Morgan fingerprint density at radius 2 is 1.74 bits per heavy atom. The Hall–Kier alpha value is -1.96. The van der Waals surface area contributed by atoms with Crippen molar-refractivity contribution in [2.45, 2.75) is 58.0 Å². The second-order valence-electron chi connectivity index (χ2n) is 9.25. The quantitative estimate of drug-likeness (QED) is 0.405. The Morgan fingerprint density at radius 3 is 2.39 bits per heavy atom. The molecular formula is C24H33NO4SSi. The second-order valence-corrected chi connectivity index (χ2v) is 16.9. The summed E-state index contributed by atoms with van der Waals surface area (Å²) in [4.78, 5) is 12.9. The van der Waals surface area contributed by atoms with Crippen molar-refractivity contribution in [3.05, 3.63) is 59.7 Å². The van der Waals surface area contributed by atoms with Gasteiger partial charge in [-0.05, 0) is 35.7 Å². The minimum absolute atomic E-state index is 0.102. The lowest BCUT2D eigenvalue weighted by Crippen LogP contribution is -2.41. The summed E-state index contributed by atoms with van der Waals surface area (Å²) in [7, 11) is -5.15. The summed E-state index contributed by atoms with van der Waals surface area (Å²) >= 11 is 0. The average molecular weight is 460 g/mol. The summed E-state index contributed by atoms with van der Waals surface area (Å²) in [5.41, 5.74) is 1.24. The second kappa shape index (κ2) is 9.26. The minimum atomic E-state index is -3.59. The molecule has 1 heterocycles. The molecule has 0 bridgehead atoms. The Labute approximate surface area is 187 Å². The van der Waals surface area contributed by atoms with Crippen molar-refractivity contribution in [1.29, 1.82) is 0 Å². The number of carbonyl (C=O) groups is 1. The number of carbonyl (C=O) groups excluding carboxylic acids is 1. The zero-order valence-electron chi connectivity index (χ0n) is 19.1. The lowest BCUT2D eigenvalue weighted by Gasteiger charge is -2.32. The summed E-state index contributed by atoms with van der Waals surface area (Å²) in [6.45, 7) is 10.5. The largest absolute Gasteiger partial charge is 0.463 e. The van der Waals surface area contributed by atoms with E-state index in [1.54, 1.807) is 17.3 Å². The summed E-state index contributed by atoms with van der Waals surface area (Å²) in [6.07, 6.45) is 2.40. The molecular weight excluding hydrogens is 426 g/mol. The van der Waals surface area contributed by atoms with Gasteiger partial charge in [-0.3, -0.25) is 0 Å². The third kappa shape index (κ3) is 5.10. The van der Waals surface area contributed by atoms with Crippen molar-refractivity contribution in [1.82, 2.24) is 4.31 Å². The first-order valence-electron chi connectivity index (χ1n) is 11.0. The SMILES string of the molecule is CCOC(=O)C1=C[C@H](CC)N(S(=O)(=O)CC[Si](C)(C)C)[C@@H]1c1cccc2ccccc12. The first-order chi connectivity index (χ1) is 14.6. The molecule has 5 nitrogen and oxygen atoms in total. The standard InChI is InChI=1S/C24H33NO4SSi/c1-6-19-17-22(24(26)29-7-2)23(25(19)30(27,28)15-16-31(3,4)5)21-14-10-12-18-11-8-9-13-20(18)21/h8-14,17,19,23H,6-7,15-16H2,1-5H3/t19-,23+/m0/s1. The monoisotopic (exact) mass is 459 g/mol. The summed E-state index contributed by atoms with van der Waals surface area (Å²) in [6, 6.07) is 13.4. The highest BCUT2D eigenvalue weighted by Gasteiger charge is 2.45. The molecule has 168 valence electrons. The number of benzene rings is 2. The van der Waals surface area contributed by atoms with Crippen LogP contribution in [0, 0.1) is 0 Å². The molecule has 0 saturated carbocycles. The van der Waals surface area contributed by atoms with Gasteiger partial charge in [-0.15, -0.1) is 0 Å². The molecule has 2 atom stereocenters. The number of hydrogen-bond acceptors (Lipinski definition) is 4. The van der Waals surface area contributed by atoms with Crippen molar-refractivity contribution < 1.29 is 17.9 Å². The van der Waals surface area contributed by atoms with E-state index < -0.39 is 30.1 Å². The third-order valence-electron chi connectivity index (χ3n) is 5.73. The van der Waals surface area contributed by atoms with Crippen LogP contribution in [-0.2, 0) is 19.6 Å². The van der Waals surface area contributed by atoms with Crippen LogP contribution in [0.5, 0.6) is 0 Å². The fourth-order valence-corrected chi connectivity index (χ4v) is 8.96. The fraction of sp³-hybridized carbons (Fsp3) is 0.458. The maximum atomic E-state index is 13.7. The smallest absolute Gasteiger partial charge is 0.335 e. The van der Waals surface area contributed by atoms with Crippen LogP contribution in [0.4, 0.5) is 0 Å². The molecule has 3 rings (SSSR count). The molecule has 0 fully saturated rings. The Balaban J connectivity index is 2.16. The first-order valence-corrected chi connectivity index (χ1v) is 16.3. The molecule has 1 aliphatic rings. The van der Waals surface area contributed by atoms with Gasteiger partial charge < -0.3 is 4.74 Å². The van der Waals surface area contributed by atoms with Crippen molar-refractivity contribution in [3.63, 3.8) is 0 Å². The topological polar surface area (TPSA) is 63.7 Å². The van der Waals surface area contributed by atoms with Crippen LogP contribution < -0.4 is 0 Å². The molecule has 0 unspecified atom stereocenters. The van der Waals surface area contributed by atoms with E-state index in [2.05, 4.69) is 19.6 Å². The van der Waals surface area contributed by atoms with Crippen LogP contribution in [0.1, 0.15) is 31.9 Å². The molecule has 0 spiro atoms. The molecule has 0 saturated heterocycles. The van der Waals surface area contributed by atoms with Crippen LogP contribution in [-0.4, -0.2) is 45.2 Å². The molecule has 0 amide bonds. The van der Waals surface area contributed by atoms with Gasteiger partial charge in [-0.2, -0.15) is 4.31 Å². The van der Waals surface area contributed by atoms with E-state index in [9.17, 15) is 13.2 Å². The van der Waals surface area contributed by atoms with Crippen molar-refractivity contribution in [2.24, 2.45) is 0 Å². The number of ether oxygens (including phenoxy) is 1. The number of rotatable bonds is 8. The van der Waals surface area contributed by atoms with E-state index in [-0.39, 0.29) is 18.4 Å². The van der Waals surface area contributed by atoms with E-state index >= 15 is 0 Å². The average Bonchev–Trinajstić information content (AvgIpc) is 3.12. The van der Waals surface area contributed by atoms with Crippen molar-refractivity contribution in [2.75, 3.05) is 12.4 Å². The maximum absolute atomic E-state index is 13.7. The van der Waals surface area contributed by atoms with Gasteiger partial charge in [-0.25, -0.2) is 13.2 Å².